The van der Waals surface area contributed by atoms with Gasteiger partial charge in [0.05, 0.1) is 18.2 Å². The van der Waals surface area contributed by atoms with Gasteiger partial charge < -0.3 is 25.2 Å². The quantitative estimate of drug-likeness (QED) is 0.533. The van der Waals surface area contributed by atoms with E-state index < -0.39 is 30.5 Å². The van der Waals surface area contributed by atoms with E-state index in [9.17, 15) is 20.4 Å². The second kappa shape index (κ2) is 12.3. The summed E-state index contributed by atoms with van der Waals surface area (Å²) in [7, 11) is 0. The van der Waals surface area contributed by atoms with Gasteiger partial charge in [-0.2, -0.15) is 0 Å². The lowest BCUT2D eigenvalue weighted by Crippen LogP contribution is -2.60. The second-order valence-corrected chi connectivity index (χ2v) is 10.1. The molecule has 1 saturated carbocycles. The highest BCUT2D eigenvalue weighted by Crippen LogP contribution is 2.33. The molecule has 7 unspecified atom stereocenters. The third-order valence-electron chi connectivity index (χ3n) is 7.64. The fourth-order valence-corrected chi connectivity index (χ4v) is 5.64. The molecule has 0 amide bonds. The highest BCUT2D eigenvalue weighted by Gasteiger charge is 2.45. The van der Waals surface area contributed by atoms with Crippen LogP contribution in [0.5, 0.6) is 0 Å². The Morgan fingerprint density at radius 3 is 2.24 bits per heavy atom. The van der Waals surface area contributed by atoms with Crippen molar-refractivity contribution in [2.75, 3.05) is 6.61 Å². The van der Waals surface area contributed by atoms with Crippen molar-refractivity contribution in [2.24, 2.45) is 11.8 Å². The van der Waals surface area contributed by atoms with Crippen LogP contribution in [-0.4, -0.2) is 72.7 Å². The van der Waals surface area contributed by atoms with E-state index in [1.165, 1.54) is 19.3 Å². The molecule has 8 nitrogen and oxygen atoms in total. The third-order valence-corrected chi connectivity index (χ3v) is 7.64. The summed E-state index contributed by atoms with van der Waals surface area (Å²) >= 11 is 0. The molecular weight excluding hydrogens is 434 g/mol. The summed E-state index contributed by atoms with van der Waals surface area (Å²) in [6.45, 7) is -0.379. The number of hydrogen-bond acceptors (Lipinski definition) is 8. The summed E-state index contributed by atoms with van der Waals surface area (Å²) in [6, 6.07) is 7.81. The fourth-order valence-electron chi connectivity index (χ4n) is 5.64. The normalized spacial score (nSPS) is 34.3. The average molecular weight is 474 g/mol. The van der Waals surface area contributed by atoms with Crippen LogP contribution in [0.4, 0.5) is 0 Å². The molecule has 8 heteroatoms. The third kappa shape index (κ3) is 6.29. The van der Waals surface area contributed by atoms with Crippen LogP contribution < -0.4 is 0 Å². The molecule has 1 saturated heterocycles. The molecule has 34 heavy (non-hydrogen) atoms. The lowest BCUT2D eigenvalue weighted by atomic mass is 9.81. The van der Waals surface area contributed by atoms with Crippen molar-refractivity contribution >= 4 is 11.0 Å². The molecule has 188 valence electrons. The number of hydrogen-bond donors (Lipinski definition) is 4. The SMILES string of the molecule is OCC1OC(C2CCCCCCCC(Cc3nnc4ccccc4n3)CCC2)C(O)C(O)C1O. The number of benzene rings is 1. The summed E-state index contributed by atoms with van der Waals surface area (Å²) in [5, 5.41) is 49.4. The van der Waals surface area contributed by atoms with E-state index in [4.69, 9.17) is 9.72 Å². The minimum absolute atomic E-state index is 0.0739. The molecular formula is C26H39N3O5. The van der Waals surface area contributed by atoms with E-state index in [1.54, 1.807) is 0 Å². The van der Waals surface area contributed by atoms with Crippen molar-refractivity contribution in [3.05, 3.63) is 30.1 Å². The van der Waals surface area contributed by atoms with Crippen LogP contribution in [0.25, 0.3) is 11.0 Å². The van der Waals surface area contributed by atoms with Gasteiger partial charge in [-0.05, 0) is 36.8 Å². The predicted molar refractivity (Wildman–Crippen MR) is 128 cm³/mol. The monoisotopic (exact) mass is 473 g/mol. The second-order valence-electron chi connectivity index (χ2n) is 10.1. The minimum atomic E-state index is -1.30. The summed E-state index contributed by atoms with van der Waals surface area (Å²) in [4.78, 5) is 4.73. The minimum Gasteiger partial charge on any atom is -0.394 e. The highest BCUT2D eigenvalue weighted by molar-refractivity contribution is 5.72. The molecule has 2 aliphatic rings. The Morgan fingerprint density at radius 1 is 0.765 bits per heavy atom. The molecule has 2 aromatic rings. The number of nitrogens with zero attached hydrogens (tertiary/aromatic N) is 3. The van der Waals surface area contributed by atoms with Crippen molar-refractivity contribution < 1.29 is 25.2 Å². The zero-order chi connectivity index (χ0) is 23.9. The molecule has 1 aromatic heterocycles. The molecule has 7 atom stereocenters. The van der Waals surface area contributed by atoms with Crippen LogP contribution in [0.1, 0.15) is 70.0 Å². The maximum atomic E-state index is 10.7. The molecule has 4 rings (SSSR count). The van der Waals surface area contributed by atoms with E-state index >= 15 is 0 Å². The van der Waals surface area contributed by atoms with Crippen LogP contribution in [0, 0.1) is 11.8 Å². The number of para-hydroxylation sites is 1. The van der Waals surface area contributed by atoms with Crippen LogP contribution >= 0.6 is 0 Å². The predicted octanol–water partition coefficient (Wildman–Crippen LogP) is 2.56. The zero-order valence-corrected chi connectivity index (χ0v) is 19.9. The summed E-state index contributed by atoms with van der Waals surface area (Å²) < 4.78 is 5.92. The molecule has 0 spiro atoms. The van der Waals surface area contributed by atoms with Gasteiger partial charge in [-0.25, -0.2) is 4.98 Å². The number of fused-ring (bicyclic) bond motifs is 1. The van der Waals surface area contributed by atoms with Crippen LogP contribution in [-0.2, 0) is 11.2 Å². The lowest BCUT2D eigenvalue weighted by Gasteiger charge is -2.43. The van der Waals surface area contributed by atoms with Crippen molar-refractivity contribution in [1.82, 2.24) is 15.2 Å². The van der Waals surface area contributed by atoms with Crippen LogP contribution in [0.2, 0.25) is 0 Å². The first-order valence-electron chi connectivity index (χ1n) is 13.0. The number of aliphatic hydroxyl groups is 4. The van der Waals surface area contributed by atoms with Gasteiger partial charge in [0.1, 0.15) is 29.9 Å². The van der Waals surface area contributed by atoms with Gasteiger partial charge in [0.2, 0.25) is 0 Å². The molecule has 2 heterocycles. The van der Waals surface area contributed by atoms with Gasteiger partial charge in [0, 0.05) is 6.42 Å². The van der Waals surface area contributed by atoms with Gasteiger partial charge in [-0.1, -0.05) is 63.5 Å². The maximum Gasteiger partial charge on any atom is 0.151 e. The van der Waals surface area contributed by atoms with E-state index in [1.807, 2.05) is 24.3 Å². The van der Waals surface area contributed by atoms with E-state index in [0.717, 1.165) is 68.2 Å². The zero-order valence-electron chi connectivity index (χ0n) is 19.9. The van der Waals surface area contributed by atoms with E-state index in [2.05, 4.69) is 10.2 Å². The average Bonchev–Trinajstić information content (AvgIpc) is 2.84. The molecule has 1 aromatic carbocycles. The number of aromatic nitrogens is 3. The molecule has 0 bridgehead atoms. The first-order valence-corrected chi connectivity index (χ1v) is 13.0. The standard InChI is InChI=1S/C26H39N3O5/c30-16-21-23(31)24(32)25(33)26(34-21)18-11-5-3-1-2-4-9-17(10-8-12-18)15-22-27-19-13-6-7-14-20(19)28-29-22/h6-7,13-14,17-18,21,23-26,30-33H,1-5,8-12,15-16H2. The smallest absolute Gasteiger partial charge is 0.151 e. The van der Waals surface area contributed by atoms with E-state index in [0.29, 0.717) is 5.92 Å². The molecule has 1 aliphatic carbocycles. The Bertz CT molecular complexity index is 898. The fraction of sp³-hybridized carbons (Fsp3) is 0.731. The largest absolute Gasteiger partial charge is 0.394 e. The Balaban J connectivity index is 1.42. The number of rotatable bonds is 4. The van der Waals surface area contributed by atoms with E-state index in [-0.39, 0.29) is 12.5 Å². The summed E-state index contributed by atoms with van der Waals surface area (Å²) in [5.41, 5.74) is 1.69. The molecule has 4 N–H and O–H groups in total. The first kappa shape index (κ1) is 25.4. The van der Waals surface area contributed by atoms with Crippen LogP contribution in [0.15, 0.2) is 24.3 Å². The van der Waals surface area contributed by atoms with Gasteiger partial charge in [0.15, 0.2) is 5.82 Å². The van der Waals surface area contributed by atoms with Crippen LogP contribution in [0.3, 0.4) is 0 Å². The maximum absolute atomic E-state index is 10.7. The Kier molecular flexibility index (Phi) is 9.19. The number of ether oxygens (including phenoxy) is 1. The van der Waals surface area contributed by atoms with Gasteiger partial charge in [-0.15, -0.1) is 10.2 Å². The first-order chi connectivity index (χ1) is 16.6. The number of aliphatic hydroxyl groups excluding tert-OH is 4. The van der Waals surface area contributed by atoms with Crippen molar-refractivity contribution in [1.29, 1.82) is 0 Å². The lowest BCUT2D eigenvalue weighted by molar-refractivity contribution is -0.242. The van der Waals surface area contributed by atoms with Gasteiger partial charge >= 0.3 is 0 Å². The molecule has 0 radical (unpaired) electrons. The Hall–Kier alpha value is -1.71. The highest BCUT2D eigenvalue weighted by atomic mass is 16.5. The molecule has 1 aliphatic heterocycles. The van der Waals surface area contributed by atoms with Crippen molar-refractivity contribution in [3.8, 4) is 0 Å². The Morgan fingerprint density at radius 2 is 1.44 bits per heavy atom. The van der Waals surface area contributed by atoms with Gasteiger partial charge in [-0.3, -0.25) is 0 Å². The van der Waals surface area contributed by atoms with Crippen molar-refractivity contribution in [2.45, 2.75) is 101 Å². The van der Waals surface area contributed by atoms with Crippen molar-refractivity contribution in [3.63, 3.8) is 0 Å². The topological polar surface area (TPSA) is 129 Å². The Labute approximate surface area is 201 Å². The van der Waals surface area contributed by atoms with Gasteiger partial charge in [0.25, 0.3) is 0 Å². The summed E-state index contributed by atoms with van der Waals surface area (Å²) in [6.07, 6.45) is 6.35. The molecule has 2 fully saturated rings. The summed E-state index contributed by atoms with van der Waals surface area (Å²) in [5.74, 6) is 1.34.